The van der Waals surface area contributed by atoms with Gasteiger partial charge in [-0.3, -0.25) is 0 Å². The Morgan fingerprint density at radius 2 is 1.41 bits per heavy atom. The van der Waals surface area contributed by atoms with E-state index in [-0.39, 0.29) is 0 Å². The van der Waals surface area contributed by atoms with Crippen molar-refractivity contribution in [2.75, 3.05) is 0 Å². The molecule has 3 rings (SSSR count). The number of rotatable bonds is 15. The van der Waals surface area contributed by atoms with Crippen LogP contribution >= 0.6 is 0 Å². The van der Waals surface area contributed by atoms with Crippen molar-refractivity contribution in [1.29, 1.82) is 0 Å². The van der Waals surface area contributed by atoms with Crippen LogP contribution in [-0.4, -0.2) is 9.97 Å². The molecule has 2 aromatic rings. The van der Waals surface area contributed by atoms with E-state index in [1.54, 1.807) is 0 Å². The van der Waals surface area contributed by atoms with Crippen molar-refractivity contribution < 1.29 is 0 Å². The van der Waals surface area contributed by atoms with Gasteiger partial charge in [0.1, 0.15) is 0 Å². The molecule has 0 bridgehead atoms. The zero-order valence-corrected chi connectivity index (χ0v) is 22.0. The zero-order valence-electron chi connectivity index (χ0n) is 22.0. The maximum Gasteiger partial charge on any atom is 0.159 e. The molecule has 34 heavy (non-hydrogen) atoms. The SMILES string of the molecule is CCCCCCCc1cnc(-c2ccc(CCC=C[C@H]3CC[C@H](CCCCC)CC3)cc2)nc1. The van der Waals surface area contributed by atoms with Crippen LogP contribution in [0, 0.1) is 11.8 Å². The molecular weight excluding hydrogens is 412 g/mol. The van der Waals surface area contributed by atoms with Gasteiger partial charge in [-0.05, 0) is 74.3 Å². The summed E-state index contributed by atoms with van der Waals surface area (Å²) < 4.78 is 0. The molecule has 0 atom stereocenters. The summed E-state index contributed by atoms with van der Waals surface area (Å²) in [5.41, 5.74) is 3.77. The third kappa shape index (κ3) is 9.72. The van der Waals surface area contributed by atoms with E-state index < -0.39 is 0 Å². The fourth-order valence-corrected chi connectivity index (χ4v) is 5.28. The quantitative estimate of drug-likeness (QED) is 0.195. The van der Waals surface area contributed by atoms with Crippen LogP contribution in [0.15, 0.2) is 48.8 Å². The summed E-state index contributed by atoms with van der Waals surface area (Å²) in [6.07, 6.45) is 30.2. The smallest absolute Gasteiger partial charge is 0.159 e. The Hall–Kier alpha value is -1.96. The molecule has 0 aliphatic heterocycles. The third-order valence-corrected chi connectivity index (χ3v) is 7.60. The van der Waals surface area contributed by atoms with Crippen molar-refractivity contribution >= 4 is 0 Å². The van der Waals surface area contributed by atoms with Crippen LogP contribution in [-0.2, 0) is 12.8 Å². The molecule has 1 saturated carbocycles. The van der Waals surface area contributed by atoms with E-state index >= 15 is 0 Å². The molecular formula is C32H48N2. The highest BCUT2D eigenvalue weighted by Crippen LogP contribution is 2.32. The number of aryl methyl sites for hydroxylation is 2. The van der Waals surface area contributed by atoms with Crippen molar-refractivity contribution in [2.24, 2.45) is 11.8 Å². The van der Waals surface area contributed by atoms with Crippen LogP contribution in [0.3, 0.4) is 0 Å². The molecule has 0 spiro atoms. The predicted molar refractivity (Wildman–Crippen MR) is 147 cm³/mol. The summed E-state index contributed by atoms with van der Waals surface area (Å²) in [4.78, 5) is 9.25. The molecule has 0 radical (unpaired) electrons. The second-order valence-electron chi connectivity index (χ2n) is 10.5. The highest BCUT2D eigenvalue weighted by molar-refractivity contribution is 5.55. The van der Waals surface area contributed by atoms with Gasteiger partial charge in [0.2, 0.25) is 0 Å². The molecule has 0 saturated heterocycles. The van der Waals surface area contributed by atoms with Crippen LogP contribution in [0.5, 0.6) is 0 Å². The fourth-order valence-electron chi connectivity index (χ4n) is 5.28. The lowest BCUT2D eigenvalue weighted by Gasteiger charge is -2.26. The molecule has 186 valence electrons. The normalized spacial score (nSPS) is 18.5. The molecule has 1 aromatic carbocycles. The molecule has 1 aliphatic rings. The molecule has 1 heterocycles. The Kier molecular flexibility index (Phi) is 12.4. The van der Waals surface area contributed by atoms with Crippen LogP contribution in [0.2, 0.25) is 0 Å². The van der Waals surface area contributed by atoms with E-state index in [1.165, 1.54) is 94.6 Å². The Balaban J connectivity index is 1.35. The largest absolute Gasteiger partial charge is 0.236 e. The van der Waals surface area contributed by atoms with Gasteiger partial charge in [0.25, 0.3) is 0 Å². The summed E-state index contributed by atoms with van der Waals surface area (Å²) >= 11 is 0. The first-order valence-corrected chi connectivity index (χ1v) is 14.3. The second kappa shape index (κ2) is 15.8. The molecule has 1 fully saturated rings. The van der Waals surface area contributed by atoms with Gasteiger partial charge in [-0.25, -0.2) is 9.97 Å². The minimum Gasteiger partial charge on any atom is -0.236 e. The van der Waals surface area contributed by atoms with Gasteiger partial charge in [0, 0.05) is 18.0 Å². The van der Waals surface area contributed by atoms with Crippen molar-refractivity contribution in [3.8, 4) is 11.4 Å². The molecule has 0 N–H and O–H groups in total. The topological polar surface area (TPSA) is 25.8 Å². The van der Waals surface area contributed by atoms with Gasteiger partial charge in [-0.15, -0.1) is 0 Å². The number of nitrogens with zero attached hydrogens (tertiary/aromatic N) is 2. The van der Waals surface area contributed by atoms with E-state index in [2.05, 4.69) is 60.2 Å². The standard InChI is InChI=1S/C32H48N2/c1-3-5-7-8-10-16-30-25-33-32(34-26-30)31-23-21-29(22-24-31)15-12-11-14-28-19-17-27(18-20-28)13-9-6-4-2/h11,14,21-28H,3-10,12-13,15-20H2,1-2H3/t27-,28-. The molecule has 2 nitrogen and oxygen atoms in total. The Morgan fingerprint density at radius 3 is 2.12 bits per heavy atom. The van der Waals surface area contributed by atoms with Crippen LogP contribution in [0.4, 0.5) is 0 Å². The fraction of sp³-hybridized carbons (Fsp3) is 0.625. The van der Waals surface area contributed by atoms with E-state index in [4.69, 9.17) is 0 Å². The third-order valence-electron chi connectivity index (χ3n) is 7.60. The summed E-state index contributed by atoms with van der Waals surface area (Å²) in [6, 6.07) is 8.85. The number of allylic oxidation sites excluding steroid dienone is 2. The van der Waals surface area contributed by atoms with E-state index in [9.17, 15) is 0 Å². The number of aromatic nitrogens is 2. The summed E-state index contributed by atoms with van der Waals surface area (Å²) in [5, 5.41) is 0. The van der Waals surface area contributed by atoms with Gasteiger partial charge in [-0.2, -0.15) is 0 Å². The van der Waals surface area contributed by atoms with E-state index in [0.717, 1.165) is 42.5 Å². The maximum absolute atomic E-state index is 4.62. The van der Waals surface area contributed by atoms with E-state index in [1.807, 2.05) is 12.4 Å². The highest BCUT2D eigenvalue weighted by Gasteiger charge is 2.18. The van der Waals surface area contributed by atoms with Crippen molar-refractivity contribution in [3.63, 3.8) is 0 Å². The molecule has 1 aromatic heterocycles. The van der Waals surface area contributed by atoms with Gasteiger partial charge in [0.05, 0.1) is 0 Å². The Bertz CT molecular complexity index is 798. The number of hydrogen-bond donors (Lipinski definition) is 0. The summed E-state index contributed by atoms with van der Waals surface area (Å²) in [5.74, 6) is 2.66. The van der Waals surface area contributed by atoms with Gasteiger partial charge >= 0.3 is 0 Å². The first kappa shape index (κ1) is 26.6. The minimum absolute atomic E-state index is 0.821. The lowest BCUT2D eigenvalue weighted by atomic mass is 9.79. The first-order chi connectivity index (χ1) is 16.8. The lowest BCUT2D eigenvalue weighted by Crippen LogP contribution is -2.13. The highest BCUT2D eigenvalue weighted by atomic mass is 14.9. The summed E-state index contributed by atoms with van der Waals surface area (Å²) in [6.45, 7) is 4.57. The average molecular weight is 461 g/mol. The molecule has 0 amide bonds. The average Bonchev–Trinajstić information content (AvgIpc) is 2.88. The van der Waals surface area contributed by atoms with Gasteiger partial charge < -0.3 is 0 Å². The molecule has 0 unspecified atom stereocenters. The second-order valence-corrected chi connectivity index (χ2v) is 10.5. The summed E-state index contributed by atoms with van der Waals surface area (Å²) in [7, 11) is 0. The molecule has 1 aliphatic carbocycles. The minimum atomic E-state index is 0.821. The van der Waals surface area contributed by atoms with E-state index in [0.29, 0.717) is 0 Å². The maximum atomic E-state index is 4.62. The van der Waals surface area contributed by atoms with Crippen molar-refractivity contribution in [2.45, 2.75) is 117 Å². The van der Waals surface area contributed by atoms with Crippen molar-refractivity contribution in [3.05, 3.63) is 59.9 Å². The predicted octanol–water partition coefficient (Wildman–Crippen LogP) is 9.53. The number of hydrogen-bond acceptors (Lipinski definition) is 2. The lowest BCUT2D eigenvalue weighted by molar-refractivity contribution is 0.289. The Labute approximate surface area is 209 Å². The first-order valence-electron chi connectivity index (χ1n) is 14.3. The van der Waals surface area contributed by atoms with Crippen molar-refractivity contribution in [1.82, 2.24) is 9.97 Å². The Morgan fingerprint density at radius 1 is 0.735 bits per heavy atom. The van der Waals surface area contributed by atoms with Gasteiger partial charge in [-0.1, -0.05) is 102 Å². The van der Waals surface area contributed by atoms with Crippen LogP contribution in [0.25, 0.3) is 11.4 Å². The van der Waals surface area contributed by atoms with Crippen LogP contribution < -0.4 is 0 Å². The zero-order chi connectivity index (χ0) is 23.8. The molecule has 2 heteroatoms. The van der Waals surface area contributed by atoms with Crippen LogP contribution in [0.1, 0.15) is 115 Å². The number of benzene rings is 1. The monoisotopic (exact) mass is 460 g/mol. The van der Waals surface area contributed by atoms with Gasteiger partial charge in [0.15, 0.2) is 5.82 Å². The number of unbranched alkanes of at least 4 members (excludes halogenated alkanes) is 6.